The van der Waals surface area contributed by atoms with Crippen molar-refractivity contribution in [1.29, 1.82) is 0 Å². The number of para-hydroxylation sites is 1. The molecule has 4 rings (SSSR count). The summed E-state index contributed by atoms with van der Waals surface area (Å²) in [5.74, 6) is 0. The summed E-state index contributed by atoms with van der Waals surface area (Å²) in [6.07, 6.45) is 8.11. The average molecular weight is 361 g/mol. The Kier molecular flexibility index (Phi) is 5.14. The van der Waals surface area contributed by atoms with Crippen LogP contribution in [-0.2, 0) is 19.4 Å². The number of nitrogens with zero attached hydrogens (tertiary/aromatic N) is 3. The molecule has 138 valence electrons. The number of rotatable bonds is 5. The predicted molar refractivity (Wildman–Crippen MR) is 106 cm³/mol. The van der Waals surface area contributed by atoms with Gasteiger partial charge in [-0.3, -0.25) is 9.67 Å². The van der Waals surface area contributed by atoms with Crippen LogP contribution in [0.3, 0.4) is 0 Å². The molecular weight excluding hydrogens is 338 g/mol. The second-order valence-electron chi connectivity index (χ2n) is 6.69. The summed E-state index contributed by atoms with van der Waals surface area (Å²) < 4.78 is 2.06. The molecule has 3 aromatic rings. The molecule has 6 nitrogen and oxygen atoms in total. The molecule has 2 amide bonds. The van der Waals surface area contributed by atoms with Gasteiger partial charge in [0.15, 0.2) is 0 Å². The first-order chi connectivity index (χ1) is 13.3. The third-order valence-corrected chi connectivity index (χ3v) is 4.85. The van der Waals surface area contributed by atoms with Gasteiger partial charge >= 0.3 is 6.03 Å². The maximum absolute atomic E-state index is 12.1. The van der Waals surface area contributed by atoms with Gasteiger partial charge < -0.3 is 10.6 Å². The van der Waals surface area contributed by atoms with Gasteiger partial charge in [0.05, 0.1) is 12.2 Å². The van der Waals surface area contributed by atoms with Crippen LogP contribution in [0.4, 0.5) is 10.5 Å². The molecule has 0 fully saturated rings. The number of hydrogen-bond donors (Lipinski definition) is 2. The minimum atomic E-state index is -0.198. The van der Waals surface area contributed by atoms with Gasteiger partial charge in [0.25, 0.3) is 0 Å². The van der Waals surface area contributed by atoms with E-state index in [0.717, 1.165) is 29.8 Å². The lowest BCUT2D eigenvalue weighted by atomic mass is 9.94. The smallest absolute Gasteiger partial charge is 0.319 e. The van der Waals surface area contributed by atoms with E-state index < -0.39 is 0 Å². The van der Waals surface area contributed by atoms with Crippen molar-refractivity contribution in [3.05, 3.63) is 66.1 Å². The van der Waals surface area contributed by atoms with Gasteiger partial charge in [0.1, 0.15) is 0 Å². The Hall–Kier alpha value is -3.15. The number of hydrogen-bond acceptors (Lipinski definition) is 3. The lowest BCUT2D eigenvalue weighted by Gasteiger charge is -2.14. The number of carbonyl (C=O) groups excluding carboxylic acids is 1. The van der Waals surface area contributed by atoms with Crippen LogP contribution in [0, 0.1) is 0 Å². The summed E-state index contributed by atoms with van der Waals surface area (Å²) in [6.45, 7) is 1.19. The van der Waals surface area contributed by atoms with Crippen LogP contribution >= 0.6 is 0 Å². The predicted octanol–water partition coefficient (Wildman–Crippen LogP) is 3.65. The van der Waals surface area contributed by atoms with E-state index in [1.165, 1.54) is 24.1 Å². The number of pyridine rings is 1. The van der Waals surface area contributed by atoms with Gasteiger partial charge in [0, 0.05) is 41.4 Å². The molecule has 1 aromatic carbocycles. The molecule has 0 bridgehead atoms. The fraction of sp³-hybridized carbons (Fsp3) is 0.286. The number of amides is 2. The molecule has 0 unspecified atom stereocenters. The molecule has 6 heteroatoms. The van der Waals surface area contributed by atoms with E-state index in [1.54, 1.807) is 12.4 Å². The fourth-order valence-electron chi connectivity index (χ4n) is 3.57. The number of nitrogens with one attached hydrogen (secondary N) is 2. The van der Waals surface area contributed by atoms with Crippen molar-refractivity contribution in [2.75, 3.05) is 11.9 Å². The summed E-state index contributed by atoms with van der Waals surface area (Å²) in [7, 11) is 0. The van der Waals surface area contributed by atoms with E-state index in [-0.39, 0.29) is 6.03 Å². The molecule has 2 aromatic heterocycles. The fourth-order valence-corrected chi connectivity index (χ4v) is 3.57. The van der Waals surface area contributed by atoms with E-state index in [0.29, 0.717) is 13.1 Å². The van der Waals surface area contributed by atoms with Crippen LogP contribution in [0.1, 0.15) is 24.1 Å². The number of fused-ring (bicyclic) bond motifs is 1. The largest absolute Gasteiger partial charge is 0.336 e. The molecule has 2 heterocycles. The standard InChI is InChI=1S/C21H23N5O/c27-21(24-17-6-2-1-3-7-17)23-14-15-26-19-9-5-4-8-18(19)20(25-26)16-10-12-22-13-11-16/h1-3,6-7,10-13H,4-5,8-9,14-15H2,(H2,23,24,27). The zero-order valence-corrected chi connectivity index (χ0v) is 15.2. The number of aromatic nitrogens is 3. The van der Waals surface area contributed by atoms with Gasteiger partial charge in [-0.2, -0.15) is 5.10 Å². The molecule has 1 aliphatic rings. The minimum absolute atomic E-state index is 0.198. The Morgan fingerprint density at radius 3 is 2.63 bits per heavy atom. The van der Waals surface area contributed by atoms with Gasteiger partial charge in [0.2, 0.25) is 0 Å². The van der Waals surface area contributed by atoms with Crippen molar-refractivity contribution >= 4 is 11.7 Å². The SMILES string of the molecule is O=C(NCCn1nc(-c2ccncc2)c2c1CCCC2)Nc1ccccc1. The molecule has 0 saturated heterocycles. The van der Waals surface area contributed by atoms with E-state index in [2.05, 4.69) is 20.3 Å². The normalized spacial score (nSPS) is 13.0. The van der Waals surface area contributed by atoms with Crippen molar-refractivity contribution < 1.29 is 4.79 Å². The minimum Gasteiger partial charge on any atom is -0.336 e. The maximum Gasteiger partial charge on any atom is 0.319 e. The third kappa shape index (κ3) is 4.00. The highest BCUT2D eigenvalue weighted by molar-refractivity contribution is 5.89. The van der Waals surface area contributed by atoms with Crippen molar-refractivity contribution in [2.24, 2.45) is 0 Å². The molecule has 2 N–H and O–H groups in total. The lowest BCUT2D eigenvalue weighted by molar-refractivity contribution is 0.251. The maximum atomic E-state index is 12.1. The van der Waals surface area contributed by atoms with Crippen LogP contribution in [0.25, 0.3) is 11.3 Å². The van der Waals surface area contributed by atoms with Crippen LogP contribution in [0.2, 0.25) is 0 Å². The Bertz CT molecular complexity index is 905. The summed E-state index contributed by atoms with van der Waals surface area (Å²) in [5.41, 5.74) is 5.60. The van der Waals surface area contributed by atoms with Gasteiger partial charge in [-0.25, -0.2) is 4.79 Å². The topological polar surface area (TPSA) is 71.8 Å². The molecule has 0 saturated carbocycles. The van der Waals surface area contributed by atoms with Crippen LogP contribution in [-0.4, -0.2) is 27.3 Å². The summed E-state index contributed by atoms with van der Waals surface area (Å²) in [5, 5.41) is 10.6. The van der Waals surface area contributed by atoms with Crippen molar-refractivity contribution in [1.82, 2.24) is 20.1 Å². The summed E-state index contributed by atoms with van der Waals surface area (Å²) >= 11 is 0. The van der Waals surface area contributed by atoms with E-state index in [4.69, 9.17) is 5.10 Å². The first-order valence-corrected chi connectivity index (χ1v) is 9.40. The van der Waals surface area contributed by atoms with Crippen LogP contribution in [0.5, 0.6) is 0 Å². The molecule has 1 aliphatic carbocycles. The van der Waals surface area contributed by atoms with Crippen molar-refractivity contribution in [3.63, 3.8) is 0 Å². The number of anilines is 1. The van der Waals surface area contributed by atoms with Gasteiger partial charge in [-0.1, -0.05) is 18.2 Å². The van der Waals surface area contributed by atoms with Crippen LogP contribution in [0.15, 0.2) is 54.9 Å². The Morgan fingerprint density at radius 1 is 1.04 bits per heavy atom. The summed E-state index contributed by atoms with van der Waals surface area (Å²) in [6, 6.07) is 13.3. The Labute approximate surface area is 158 Å². The number of benzene rings is 1. The van der Waals surface area contributed by atoms with E-state index >= 15 is 0 Å². The molecule has 27 heavy (non-hydrogen) atoms. The monoisotopic (exact) mass is 361 g/mol. The highest BCUT2D eigenvalue weighted by atomic mass is 16.2. The number of urea groups is 1. The van der Waals surface area contributed by atoms with Crippen molar-refractivity contribution in [2.45, 2.75) is 32.2 Å². The Balaban J connectivity index is 1.43. The summed E-state index contributed by atoms with van der Waals surface area (Å²) in [4.78, 5) is 16.2. The quantitative estimate of drug-likeness (QED) is 0.729. The third-order valence-electron chi connectivity index (χ3n) is 4.85. The highest BCUT2D eigenvalue weighted by Crippen LogP contribution is 2.30. The molecule has 0 atom stereocenters. The zero-order valence-electron chi connectivity index (χ0n) is 15.2. The van der Waals surface area contributed by atoms with Crippen LogP contribution < -0.4 is 10.6 Å². The second kappa shape index (κ2) is 8.03. The number of carbonyl (C=O) groups is 1. The van der Waals surface area contributed by atoms with Crippen molar-refractivity contribution in [3.8, 4) is 11.3 Å². The van der Waals surface area contributed by atoms with E-state index in [1.807, 2.05) is 42.5 Å². The zero-order chi connectivity index (χ0) is 18.5. The highest BCUT2D eigenvalue weighted by Gasteiger charge is 2.21. The first kappa shape index (κ1) is 17.3. The van der Waals surface area contributed by atoms with Gasteiger partial charge in [-0.05, 0) is 49.9 Å². The lowest BCUT2D eigenvalue weighted by Crippen LogP contribution is -2.32. The molecule has 0 radical (unpaired) electrons. The first-order valence-electron chi connectivity index (χ1n) is 9.40. The molecule has 0 spiro atoms. The van der Waals surface area contributed by atoms with Gasteiger partial charge in [-0.15, -0.1) is 0 Å². The average Bonchev–Trinajstić information content (AvgIpc) is 3.08. The van der Waals surface area contributed by atoms with E-state index in [9.17, 15) is 4.79 Å². The second-order valence-corrected chi connectivity index (χ2v) is 6.69. The Morgan fingerprint density at radius 2 is 1.81 bits per heavy atom. The molecule has 0 aliphatic heterocycles. The molecular formula is C21H23N5O.